The SMILES string of the molecule is CCCCCCNC(=S)Nc1c(C(C)C)cccc1C(C)C. The van der Waals surface area contributed by atoms with E-state index in [0.717, 1.165) is 11.7 Å². The van der Waals surface area contributed by atoms with Gasteiger partial charge in [-0.1, -0.05) is 72.1 Å². The summed E-state index contributed by atoms with van der Waals surface area (Å²) in [5.74, 6) is 0.960. The summed E-state index contributed by atoms with van der Waals surface area (Å²) < 4.78 is 0. The number of nitrogens with one attached hydrogen (secondary N) is 2. The van der Waals surface area contributed by atoms with Gasteiger partial charge >= 0.3 is 0 Å². The highest BCUT2D eigenvalue weighted by Gasteiger charge is 2.14. The van der Waals surface area contributed by atoms with Gasteiger partial charge in [-0.2, -0.15) is 0 Å². The van der Waals surface area contributed by atoms with Crippen molar-refractivity contribution in [1.82, 2.24) is 5.32 Å². The van der Waals surface area contributed by atoms with Crippen molar-refractivity contribution in [1.29, 1.82) is 0 Å². The molecule has 0 saturated heterocycles. The van der Waals surface area contributed by atoms with Crippen LogP contribution in [0.15, 0.2) is 18.2 Å². The summed E-state index contributed by atoms with van der Waals surface area (Å²) in [6, 6.07) is 6.54. The second-order valence-corrected chi connectivity index (χ2v) is 6.97. The molecule has 0 aliphatic heterocycles. The summed E-state index contributed by atoms with van der Waals surface area (Å²) >= 11 is 5.48. The lowest BCUT2D eigenvalue weighted by molar-refractivity contribution is 0.655. The highest BCUT2D eigenvalue weighted by molar-refractivity contribution is 7.80. The first kappa shape index (κ1) is 19.0. The molecule has 0 aromatic heterocycles. The van der Waals surface area contributed by atoms with E-state index in [1.165, 1.54) is 42.5 Å². The van der Waals surface area contributed by atoms with E-state index >= 15 is 0 Å². The van der Waals surface area contributed by atoms with Crippen LogP contribution in [0.3, 0.4) is 0 Å². The summed E-state index contributed by atoms with van der Waals surface area (Å²) in [5, 5.41) is 7.54. The van der Waals surface area contributed by atoms with Gasteiger partial charge in [-0.25, -0.2) is 0 Å². The predicted molar refractivity (Wildman–Crippen MR) is 103 cm³/mol. The normalized spacial score (nSPS) is 11.0. The summed E-state index contributed by atoms with van der Waals surface area (Å²) in [6.45, 7) is 12.1. The van der Waals surface area contributed by atoms with Crippen LogP contribution in [0.4, 0.5) is 5.69 Å². The van der Waals surface area contributed by atoms with Crippen molar-refractivity contribution < 1.29 is 0 Å². The molecule has 3 heteroatoms. The minimum absolute atomic E-state index is 0.480. The van der Waals surface area contributed by atoms with Gasteiger partial charge in [0.15, 0.2) is 5.11 Å². The number of benzene rings is 1. The Kier molecular flexibility index (Phi) is 8.47. The third-order valence-corrected chi connectivity index (χ3v) is 4.17. The maximum Gasteiger partial charge on any atom is 0.170 e. The molecule has 124 valence electrons. The highest BCUT2D eigenvalue weighted by Crippen LogP contribution is 2.32. The molecule has 1 aromatic rings. The minimum atomic E-state index is 0.480. The Morgan fingerprint density at radius 1 is 1.00 bits per heavy atom. The van der Waals surface area contributed by atoms with Crippen LogP contribution in [0.5, 0.6) is 0 Å². The Balaban J connectivity index is 2.72. The maximum absolute atomic E-state index is 5.48. The zero-order chi connectivity index (χ0) is 16.5. The van der Waals surface area contributed by atoms with Crippen molar-refractivity contribution in [2.75, 3.05) is 11.9 Å². The fourth-order valence-corrected chi connectivity index (χ4v) is 2.81. The van der Waals surface area contributed by atoms with Crippen LogP contribution in [0.2, 0.25) is 0 Å². The van der Waals surface area contributed by atoms with Gasteiger partial charge in [-0.05, 0) is 41.6 Å². The molecule has 0 unspecified atom stereocenters. The number of unbranched alkanes of at least 4 members (excludes halogenated alkanes) is 3. The maximum atomic E-state index is 5.48. The molecule has 0 atom stereocenters. The Morgan fingerprint density at radius 3 is 2.09 bits per heavy atom. The number of anilines is 1. The molecule has 0 aliphatic carbocycles. The van der Waals surface area contributed by atoms with Crippen molar-refractivity contribution in [2.24, 2.45) is 0 Å². The standard InChI is InChI=1S/C19H32N2S/c1-6-7-8-9-13-20-19(22)21-18-16(14(2)3)11-10-12-17(18)15(4)5/h10-12,14-15H,6-9,13H2,1-5H3,(H2,20,21,22). The topological polar surface area (TPSA) is 24.1 Å². The molecule has 2 N–H and O–H groups in total. The second-order valence-electron chi connectivity index (χ2n) is 6.56. The Hall–Kier alpha value is -1.09. The van der Waals surface area contributed by atoms with Gasteiger partial charge in [-0.3, -0.25) is 0 Å². The van der Waals surface area contributed by atoms with Crippen molar-refractivity contribution in [3.63, 3.8) is 0 Å². The van der Waals surface area contributed by atoms with E-state index in [9.17, 15) is 0 Å². The summed E-state index contributed by atoms with van der Waals surface area (Å²) in [6.07, 6.45) is 5.02. The average molecular weight is 321 g/mol. The van der Waals surface area contributed by atoms with E-state index in [1.54, 1.807) is 0 Å². The highest BCUT2D eigenvalue weighted by atomic mass is 32.1. The molecule has 1 aromatic carbocycles. The van der Waals surface area contributed by atoms with Crippen molar-refractivity contribution in [3.05, 3.63) is 29.3 Å². The Bertz CT molecular complexity index is 440. The molecule has 22 heavy (non-hydrogen) atoms. The molecule has 0 amide bonds. The Morgan fingerprint density at radius 2 is 1.59 bits per heavy atom. The number of rotatable bonds is 8. The van der Waals surface area contributed by atoms with Gasteiger partial charge in [0.2, 0.25) is 0 Å². The van der Waals surface area contributed by atoms with Crippen LogP contribution in [-0.4, -0.2) is 11.7 Å². The lowest BCUT2D eigenvalue weighted by Crippen LogP contribution is -2.30. The molecule has 0 spiro atoms. The molecule has 0 radical (unpaired) electrons. The molecule has 0 heterocycles. The lowest BCUT2D eigenvalue weighted by atomic mass is 9.93. The average Bonchev–Trinajstić information content (AvgIpc) is 2.46. The molecule has 0 fully saturated rings. The molecular formula is C19H32N2S. The summed E-state index contributed by atoms with van der Waals surface area (Å²) in [5.41, 5.74) is 3.86. The van der Waals surface area contributed by atoms with Gasteiger partial charge in [-0.15, -0.1) is 0 Å². The van der Waals surface area contributed by atoms with E-state index in [2.05, 4.69) is 63.5 Å². The van der Waals surface area contributed by atoms with E-state index in [1.807, 2.05) is 0 Å². The van der Waals surface area contributed by atoms with Crippen LogP contribution in [-0.2, 0) is 0 Å². The van der Waals surface area contributed by atoms with E-state index in [4.69, 9.17) is 12.2 Å². The zero-order valence-corrected chi connectivity index (χ0v) is 15.6. The zero-order valence-electron chi connectivity index (χ0n) is 14.8. The third kappa shape index (κ3) is 5.96. The van der Waals surface area contributed by atoms with Crippen LogP contribution < -0.4 is 10.6 Å². The number of para-hydroxylation sites is 1. The fraction of sp³-hybridized carbons (Fsp3) is 0.632. The largest absolute Gasteiger partial charge is 0.362 e. The van der Waals surface area contributed by atoms with Crippen molar-refractivity contribution in [2.45, 2.75) is 72.1 Å². The van der Waals surface area contributed by atoms with Crippen molar-refractivity contribution >= 4 is 23.0 Å². The van der Waals surface area contributed by atoms with Gasteiger partial charge in [0.1, 0.15) is 0 Å². The smallest absolute Gasteiger partial charge is 0.170 e. The lowest BCUT2D eigenvalue weighted by Gasteiger charge is -2.21. The third-order valence-electron chi connectivity index (χ3n) is 3.93. The quantitative estimate of drug-likeness (QED) is 0.467. The number of hydrogen-bond donors (Lipinski definition) is 2. The summed E-state index contributed by atoms with van der Waals surface area (Å²) in [7, 11) is 0. The van der Waals surface area contributed by atoms with Crippen LogP contribution in [0, 0.1) is 0 Å². The molecule has 2 nitrogen and oxygen atoms in total. The minimum Gasteiger partial charge on any atom is -0.362 e. The molecule has 1 rings (SSSR count). The van der Waals surface area contributed by atoms with E-state index in [-0.39, 0.29) is 0 Å². The molecular weight excluding hydrogens is 288 g/mol. The second kappa shape index (κ2) is 9.83. The first-order chi connectivity index (χ1) is 10.5. The monoisotopic (exact) mass is 320 g/mol. The summed E-state index contributed by atoms with van der Waals surface area (Å²) in [4.78, 5) is 0. The molecule has 0 bridgehead atoms. The van der Waals surface area contributed by atoms with Crippen LogP contribution in [0.1, 0.15) is 83.3 Å². The number of hydrogen-bond acceptors (Lipinski definition) is 1. The van der Waals surface area contributed by atoms with Crippen LogP contribution in [0.25, 0.3) is 0 Å². The van der Waals surface area contributed by atoms with E-state index in [0.29, 0.717) is 11.8 Å². The van der Waals surface area contributed by atoms with Crippen molar-refractivity contribution in [3.8, 4) is 0 Å². The first-order valence-corrected chi connectivity index (χ1v) is 9.05. The van der Waals surface area contributed by atoms with Gasteiger partial charge in [0.25, 0.3) is 0 Å². The van der Waals surface area contributed by atoms with Crippen LogP contribution >= 0.6 is 12.2 Å². The first-order valence-electron chi connectivity index (χ1n) is 8.65. The molecule has 0 saturated carbocycles. The van der Waals surface area contributed by atoms with E-state index < -0.39 is 0 Å². The van der Waals surface area contributed by atoms with Gasteiger partial charge < -0.3 is 10.6 Å². The van der Waals surface area contributed by atoms with Gasteiger partial charge in [0.05, 0.1) is 0 Å². The van der Waals surface area contributed by atoms with Gasteiger partial charge in [0, 0.05) is 12.2 Å². The fourth-order valence-electron chi connectivity index (χ4n) is 2.61. The Labute approximate surface area is 142 Å². The molecule has 0 aliphatic rings. The number of thiocarbonyl (C=S) groups is 1. The predicted octanol–water partition coefficient (Wildman–Crippen LogP) is 5.80.